The van der Waals surface area contributed by atoms with E-state index in [9.17, 15) is 4.79 Å². The van der Waals surface area contributed by atoms with Gasteiger partial charge in [0.15, 0.2) is 0 Å². The molecule has 3 heteroatoms. The van der Waals surface area contributed by atoms with Crippen molar-refractivity contribution >= 4 is 5.91 Å². The van der Waals surface area contributed by atoms with E-state index in [0.717, 1.165) is 32.6 Å². The maximum atomic E-state index is 12.2. The fourth-order valence-electron chi connectivity index (χ4n) is 3.39. The van der Waals surface area contributed by atoms with E-state index in [1.54, 1.807) is 0 Å². The largest absolute Gasteiger partial charge is 0.381 e. The van der Waals surface area contributed by atoms with Gasteiger partial charge in [-0.1, -0.05) is 24.3 Å². The minimum absolute atomic E-state index is 0.155. The summed E-state index contributed by atoms with van der Waals surface area (Å²) >= 11 is 0. The quantitative estimate of drug-likeness (QED) is 0.919. The number of amides is 1. The van der Waals surface area contributed by atoms with Crippen LogP contribution in [0.4, 0.5) is 0 Å². The SMILES string of the molecule is O=C(NCC1CCCc2ccccc21)C1CCOCC1. The van der Waals surface area contributed by atoms with Gasteiger partial charge in [0.05, 0.1) is 0 Å². The number of aryl methyl sites for hydroxylation is 1. The van der Waals surface area contributed by atoms with Crippen LogP contribution < -0.4 is 5.32 Å². The molecule has 20 heavy (non-hydrogen) atoms. The Morgan fingerprint density at radius 2 is 2.00 bits per heavy atom. The summed E-state index contributed by atoms with van der Waals surface area (Å²) < 4.78 is 5.31. The molecule has 3 rings (SSSR count). The first-order valence-corrected chi connectivity index (χ1v) is 7.78. The summed E-state index contributed by atoms with van der Waals surface area (Å²) in [5, 5.41) is 3.17. The smallest absolute Gasteiger partial charge is 0.223 e. The van der Waals surface area contributed by atoms with Crippen LogP contribution in [-0.2, 0) is 16.0 Å². The second kappa shape index (κ2) is 6.40. The van der Waals surface area contributed by atoms with Crippen molar-refractivity contribution in [2.45, 2.75) is 38.0 Å². The number of rotatable bonds is 3. The molecule has 1 amide bonds. The third-order valence-electron chi connectivity index (χ3n) is 4.61. The minimum Gasteiger partial charge on any atom is -0.381 e. The van der Waals surface area contributed by atoms with E-state index in [0.29, 0.717) is 5.92 Å². The molecule has 108 valence electrons. The van der Waals surface area contributed by atoms with Crippen molar-refractivity contribution in [3.8, 4) is 0 Å². The fourth-order valence-corrected chi connectivity index (χ4v) is 3.39. The molecule has 1 aromatic rings. The van der Waals surface area contributed by atoms with Crippen LogP contribution in [0.15, 0.2) is 24.3 Å². The Morgan fingerprint density at radius 1 is 1.20 bits per heavy atom. The lowest BCUT2D eigenvalue weighted by Gasteiger charge is -2.27. The summed E-state index contributed by atoms with van der Waals surface area (Å²) in [5.41, 5.74) is 2.90. The molecule has 1 aromatic carbocycles. The van der Waals surface area contributed by atoms with Crippen LogP contribution in [0.1, 0.15) is 42.7 Å². The number of fused-ring (bicyclic) bond motifs is 1. The van der Waals surface area contributed by atoms with Crippen LogP contribution in [0.5, 0.6) is 0 Å². The van der Waals surface area contributed by atoms with Crippen molar-refractivity contribution in [3.63, 3.8) is 0 Å². The summed E-state index contributed by atoms with van der Waals surface area (Å²) in [7, 11) is 0. The third-order valence-corrected chi connectivity index (χ3v) is 4.61. The summed E-state index contributed by atoms with van der Waals surface area (Å²) in [5.74, 6) is 0.864. The Hall–Kier alpha value is -1.35. The fraction of sp³-hybridized carbons (Fsp3) is 0.588. The highest BCUT2D eigenvalue weighted by Gasteiger charge is 2.24. The second-order valence-corrected chi connectivity index (χ2v) is 5.92. The van der Waals surface area contributed by atoms with Crippen molar-refractivity contribution < 1.29 is 9.53 Å². The molecule has 1 aliphatic carbocycles. The molecule has 0 saturated carbocycles. The molecule has 1 atom stereocenters. The van der Waals surface area contributed by atoms with Crippen molar-refractivity contribution in [3.05, 3.63) is 35.4 Å². The molecule has 0 aromatic heterocycles. The summed E-state index contributed by atoms with van der Waals surface area (Å²) in [6.07, 6.45) is 5.33. The van der Waals surface area contributed by atoms with Gasteiger partial charge in [0.25, 0.3) is 0 Å². The number of hydrogen-bond donors (Lipinski definition) is 1. The average molecular weight is 273 g/mol. The first kappa shape index (κ1) is 13.6. The van der Waals surface area contributed by atoms with Gasteiger partial charge in [0.2, 0.25) is 5.91 Å². The first-order valence-electron chi connectivity index (χ1n) is 7.78. The first-order chi connectivity index (χ1) is 9.84. The number of ether oxygens (including phenoxy) is 1. The summed E-state index contributed by atoms with van der Waals surface area (Å²) in [4.78, 5) is 12.2. The number of carbonyl (C=O) groups is 1. The van der Waals surface area contributed by atoms with Crippen LogP contribution in [0.25, 0.3) is 0 Å². The molecule has 2 aliphatic rings. The zero-order valence-electron chi connectivity index (χ0n) is 11.9. The van der Waals surface area contributed by atoms with Crippen LogP contribution >= 0.6 is 0 Å². The predicted octanol–water partition coefficient (Wildman–Crippen LogP) is 2.65. The maximum Gasteiger partial charge on any atom is 0.223 e. The van der Waals surface area contributed by atoms with Gasteiger partial charge in [-0.2, -0.15) is 0 Å². The van der Waals surface area contributed by atoms with E-state index < -0.39 is 0 Å². The lowest BCUT2D eigenvalue weighted by Crippen LogP contribution is -2.37. The summed E-state index contributed by atoms with van der Waals surface area (Å²) in [6.45, 7) is 2.24. The lowest BCUT2D eigenvalue weighted by molar-refractivity contribution is -0.127. The molecule has 1 aliphatic heterocycles. The molecule has 0 bridgehead atoms. The molecular formula is C17H23NO2. The molecular weight excluding hydrogens is 250 g/mol. The normalized spacial score (nSPS) is 23.1. The predicted molar refractivity (Wildman–Crippen MR) is 78.7 cm³/mol. The van der Waals surface area contributed by atoms with Gasteiger partial charge in [-0.15, -0.1) is 0 Å². The van der Waals surface area contributed by atoms with Crippen molar-refractivity contribution in [2.24, 2.45) is 5.92 Å². The van der Waals surface area contributed by atoms with Gasteiger partial charge >= 0.3 is 0 Å². The topological polar surface area (TPSA) is 38.3 Å². The molecule has 1 heterocycles. The molecule has 1 fully saturated rings. The zero-order chi connectivity index (χ0) is 13.8. The van der Waals surface area contributed by atoms with Gasteiger partial charge in [-0.3, -0.25) is 4.79 Å². The number of hydrogen-bond acceptors (Lipinski definition) is 2. The zero-order valence-corrected chi connectivity index (χ0v) is 11.9. The molecule has 1 unspecified atom stereocenters. The molecule has 1 saturated heterocycles. The standard InChI is InChI=1S/C17H23NO2/c19-17(14-8-10-20-11-9-14)18-12-15-6-3-5-13-4-1-2-7-16(13)15/h1-2,4,7,14-15H,3,5-6,8-12H2,(H,18,19). The van der Waals surface area contributed by atoms with Gasteiger partial charge in [0, 0.05) is 31.6 Å². The highest BCUT2D eigenvalue weighted by molar-refractivity contribution is 5.78. The van der Waals surface area contributed by atoms with E-state index in [4.69, 9.17) is 4.74 Å². The Bertz CT molecular complexity index is 466. The minimum atomic E-state index is 0.155. The van der Waals surface area contributed by atoms with E-state index in [-0.39, 0.29) is 11.8 Å². The highest BCUT2D eigenvalue weighted by Crippen LogP contribution is 2.30. The number of benzene rings is 1. The van der Waals surface area contributed by atoms with E-state index in [1.807, 2.05) is 0 Å². The molecule has 3 nitrogen and oxygen atoms in total. The Labute approximate surface area is 120 Å². The van der Waals surface area contributed by atoms with Crippen LogP contribution in [0.2, 0.25) is 0 Å². The van der Waals surface area contributed by atoms with Gasteiger partial charge in [-0.25, -0.2) is 0 Å². The average Bonchev–Trinajstić information content (AvgIpc) is 2.53. The highest BCUT2D eigenvalue weighted by atomic mass is 16.5. The van der Waals surface area contributed by atoms with E-state index in [2.05, 4.69) is 29.6 Å². The maximum absolute atomic E-state index is 12.2. The van der Waals surface area contributed by atoms with Gasteiger partial charge < -0.3 is 10.1 Å². The van der Waals surface area contributed by atoms with Crippen LogP contribution in [0.3, 0.4) is 0 Å². The van der Waals surface area contributed by atoms with E-state index >= 15 is 0 Å². The Balaban J connectivity index is 1.57. The summed E-state index contributed by atoms with van der Waals surface area (Å²) in [6, 6.07) is 8.67. The van der Waals surface area contributed by atoms with Crippen LogP contribution in [0, 0.1) is 5.92 Å². The lowest BCUT2D eigenvalue weighted by atomic mass is 9.83. The molecule has 1 N–H and O–H groups in total. The Kier molecular flexibility index (Phi) is 4.36. The van der Waals surface area contributed by atoms with Crippen LogP contribution in [-0.4, -0.2) is 25.7 Å². The van der Waals surface area contributed by atoms with Gasteiger partial charge in [0.1, 0.15) is 0 Å². The number of nitrogens with one attached hydrogen (secondary N) is 1. The van der Waals surface area contributed by atoms with Gasteiger partial charge in [-0.05, 0) is 43.2 Å². The van der Waals surface area contributed by atoms with Crippen molar-refractivity contribution in [2.75, 3.05) is 19.8 Å². The second-order valence-electron chi connectivity index (χ2n) is 5.92. The number of carbonyl (C=O) groups excluding carboxylic acids is 1. The van der Waals surface area contributed by atoms with E-state index in [1.165, 1.54) is 30.4 Å². The Morgan fingerprint density at radius 3 is 2.85 bits per heavy atom. The third kappa shape index (κ3) is 3.04. The van der Waals surface area contributed by atoms with Crippen molar-refractivity contribution in [1.82, 2.24) is 5.32 Å². The molecule has 0 spiro atoms. The van der Waals surface area contributed by atoms with Crippen molar-refractivity contribution in [1.29, 1.82) is 0 Å². The molecule has 0 radical (unpaired) electrons. The monoisotopic (exact) mass is 273 g/mol.